The number of hydrogen-bond acceptors (Lipinski definition) is 6. The Balaban J connectivity index is 1.44. The maximum Gasteiger partial charge on any atom is 0.258 e. The molecule has 152 valence electrons. The molecule has 4 aromatic rings. The van der Waals surface area contributed by atoms with Crippen molar-refractivity contribution in [2.24, 2.45) is 0 Å². The molecular formula is C22H23N7O. The molecule has 1 aliphatic heterocycles. The topological polar surface area (TPSA) is 79.8 Å². The number of hydrogen-bond donors (Lipinski definition) is 1. The van der Waals surface area contributed by atoms with Crippen LogP contribution >= 0.6 is 0 Å². The first kappa shape index (κ1) is 17.6. The Labute approximate surface area is 173 Å². The van der Waals surface area contributed by atoms with E-state index < -0.39 is 0 Å². The molecule has 0 amide bonds. The van der Waals surface area contributed by atoms with Crippen LogP contribution in [0.5, 0.6) is 0 Å². The summed E-state index contributed by atoms with van der Waals surface area (Å²) in [6.45, 7) is 5.77. The Hall–Kier alpha value is -3.26. The molecule has 0 spiro atoms. The van der Waals surface area contributed by atoms with Gasteiger partial charge in [-0.1, -0.05) is 0 Å². The lowest BCUT2D eigenvalue weighted by Crippen LogP contribution is -2.43. The fourth-order valence-corrected chi connectivity index (χ4v) is 4.25. The quantitative estimate of drug-likeness (QED) is 0.566. The van der Waals surface area contributed by atoms with Crippen LogP contribution in [0.25, 0.3) is 22.6 Å². The molecule has 4 aromatic heterocycles. The van der Waals surface area contributed by atoms with Crippen molar-refractivity contribution in [1.29, 1.82) is 0 Å². The summed E-state index contributed by atoms with van der Waals surface area (Å²) in [5.74, 6) is 0.524. The van der Waals surface area contributed by atoms with Gasteiger partial charge in [0.2, 0.25) is 0 Å². The summed E-state index contributed by atoms with van der Waals surface area (Å²) < 4.78 is 3.50. The highest BCUT2D eigenvalue weighted by Gasteiger charge is 2.28. The van der Waals surface area contributed by atoms with Crippen LogP contribution < -0.4 is 15.8 Å². The number of rotatable bonds is 3. The highest BCUT2D eigenvalue weighted by Crippen LogP contribution is 2.41. The van der Waals surface area contributed by atoms with Gasteiger partial charge in [0.05, 0.1) is 34.5 Å². The largest absolute Gasteiger partial charge is 0.368 e. The van der Waals surface area contributed by atoms with Gasteiger partial charge in [-0.15, -0.1) is 0 Å². The van der Waals surface area contributed by atoms with Gasteiger partial charge in [-0.2, -0.15) is 5.10 Å². The van der Waals surface area contributed by atoms with E-state index in [0.29, 0.717) is 23.0 Å². The van der Waals surface area contributed by atoms with E-state index in [0.717, 1.165) is 48.8 Å². The number of aromatic nitrogens is 5. The van der Waals surface area contributed by atoms with Crippen molar-refractivity contribution >= 4 is 16.9 Å². The molecule has 6 rings (SSSR count). The van der Waals surface area contributed by atoms with Crippen LogP contribution in [0.3, 0.4) is 0 Å². The second-order valence-corrected chi connectivity index (χ2v) is 8.23. The van der Waals surface area contributed by atoms with Crippen molar-refractivity contribution in [2.45, 2.75) is 25.7 Å². The lowest BCUT2D eigenvalue weighted by Gasteiger charge is -2.29. The molecule has 8 nitrogen and oxygen atoms in total. The first-order valence-corrected chi connectivity index (χ1v) is 10.5. The van der Waals surface area contributed by atoms with Crippen LogP contribution in [-0.2, 0) is 0 Å². The summed E-state index contributed by atoms with van der Waals surface area (Å²) in [7, 11) is 0. The monoisotopic (exact) mass is 401 g/mol. The molecule has 2 aliphatic rings. The number of nitrogens with one attached hydrogen (secondary N) is 1. The summed E-state index contributed by atoms with van der Waals surface area (Å²) in [6.07, 6.45) is 6.18. The standard InChI is InChI=1S/C22H23N7O/c1-14-12-29-19(22(24-14)15-2-3-15)10-18(26-29)17-11-21(30)28-13-16(4-5-20(28)25-17)27-8-6-23-7-9-27/h4-5,10-13,15,23H,2-3,6-9H2,1H3. The molecule has 0 atom stereocenters. The van der Waals surface area contributed by atoms with Crippen molar-refractivity contribution in [3.8, 4) is 11.4 Å². The second-order valence-electron chi connectivity index (χ2n) is 8.23. The molecule has 2 fully saturated rings. The van der Waals surface area contributed by atoms with Gasteiger partial charge in [-0.05, 0) is 38.0 Å². The molecule has 0 aromatic carbocycles. The van der Waals surface area contributed by atoms with Gasteiger partial charge in [-0.3, -0.25) is 14.2 Å². The van der Waals surface area contributed by atoms with Gasteiger partial charge in [-0.25, -0.2) is 9.50 Å². The Morgan fingerprint density at radius 3 is 2.67 bits per heavy atom. The van der Waals surface area contributed by atoms with Crippen molar-refractivity contribution < 1.29 is 0 Å². The predicted octanol–water partition coefficient (Wildman–Crippen LogP) is 2.00. The maximum absolute atomic E-state index is 12.9. The highest BCUT2D eigenvalue weighted by molar-refractivity contribution is 5.67. The Morgan fingerprint density at radius 1 is 1.03 bits per heavy atom. The Morgan fingerprint density at radius 2 is 1.87 bits per heavy atom. The SMILES string of the molecule is Cc1cn2nc(-c3cc(=O)n4cc(N5CCNCC5)ccc4n3)cc2c(C2CC2)n1. The zero-order chi connectivity index (χ0) is 20.2. The average Bonchev–Trinajstić information content (AvgIpc) is 3.52. The van der Waals surface area contributed by atoms with Crippen LogP contribution in [0.4, 0.5) is 5.69 Å². The molecule has 5 heterocycles. The first-order valence-electron chi connectivity index (χ1n) is 10.5. The third-order valence-corrected chi connectivity index (χ3v) is 5.96. The molecule has 1 aliphatic carbocycles. The molecule has 1 N–H and O–H groups in total. The van der Waals surface area contributed by atoms with Crippen LogP contribution in [0.1, 0.15) is 30.1 Å². The van der Waals surface area contributed by atoms with Crippen LogP contribution in [0.2, 0.25) is 0 Å². The molecule has 8 heteroatoms. The second kappa shape index (κ2) is 6.63. The van der Waals surface area contributed by atoms with Crippen molar-refractivity contribution in [1.82, 2.24) is 29.3 Å². The van der Waals surface area contributed by atoms with Crippen LogP contribution in [-0.4, -0.2) is 50.2 Å². The van der Waals surface area contributed by atoms with Crippen molar-refractivity contribution in [2.75, 3.05) is 31.1 Å². The molecular weight excluding hydrogens is 378 g/mol. The summed E-state index contributed by atoms with van der Waals surface area (Å²) in [6, 6.07) is 7.54. The average molecular weight is 401 g/mol. The van der Waals surface area contributed by atoms with Gasteiger partial charge in [0.15, 0.2) is 0 Å². The van der Waals surface area contributed by atoms with E-state index in [4.69, 9.17) is 15.1 Å². The van der Waals surface area contributed by atoms with Crippen LogP contribution in [0, 0.1) is 6.92 Å². The Bertz CT molecular complexity index is 1330. The van der Waals surface area contributed by atoms with Gasteiger partial charge in [0.1, 0.15) is 11.3 Å². The molecule has 0 unspecified atom stereocenters. The third-order valence-electron chi connectivity index (χ3n) is 5.96. The van der Waals surface area contributed by atoms with E-state index in [1.165, 1.54) is 12.8 Å². The lowest BCUT2D eigenvalue weighted by molar-refractivity contribution is 0.588. The normalized spacial score (nSPS) is 17.2. The number of fused-ring (bicyclic) bond motifs is 2. The first-order chi connectivity index (χ1) is 14.7. The molecule has 1 saturated carbocycles. The fourth-order valence-electron chi connectivity index (χ4n) is 4.25. The van der Waals surface area contributed by atoms with E-state index in [9.17, 15) is 4.79 Å². The predicted molar refractivity (Wildman–Crippen MR) is 115 cm³/mol. The molecule has 1 saturated heterocycles. The number of aryl methyl sites for hydroxylation is 1. The zero-order valence-electron chi connectivity index (χ0n) is 16.9. The van der Waals surface area contributed by atoms with Gasteiger partial charge < -0.3 is 10.2 Å². The molecule has 30 heavy (non-hydrogen) atoms. The summed E-state index contributed by atoms with van der Waals surface area (Å²) in [4.78, 5) is 24.7. The van der Waals surface area contributed by atoms with E-state index in [2.05, 4.69) is 10.2 Å². The van der Waals surface area contributed by atoms with E-state index in [1.807, 2.05) is 42.0 Å². The lowest BCUT2D eigenvalue weighted by atomic mass is 10.2. The van der Waals surface area contributed by atoms with Crippen LogP contribution in [0.15, 0.2) is 41.5 Å². The Kier molecular flexibility index (Phi) is 3.89. The molecule has 0 bridgehead atoms. The van der Waals surface area contributed by atoms with Gasteiger partial charge in [0.25, 0.3) is 5.56 Å². The minimum atomic E-state index is -0.0965. The van der Waals surface area contributed by atoms with E-state index in [1.54, 1.807) is 10.5 Å². The number of nitrogens with zero attached hydrogens (tertiary/aromatic N) is 6. The summed E-state index contributed by atoms with van der Waals surface area (Å²) in [5.41, 5.74) is 5.94. The number of piperazine rings is 1. The van der Waals surface area contributed by atoms with E-state index >= 15 is 0 Å². The van der Waals surface area contributed by atoms with Crippen molar-refractivity contribution in [3.63, 3.8) is 0 Å². The zero-order valence-corrected chi connectivity index (χ0v) is 16.9. The fraction of sp³-hybridized carbons (Fsp3) is 0.364. The summed E-state index contributed by atoms with van der Waals surface area (Å²) in [5, 5.41) is 8.06. The van der Waals surface area contributed by atoms with Crippen molar-refractivity contribution in [3.05, 3.63) is 58.4 Å². The third kappa shape index (κ3) is 2.95. The number of pyridine rings is 1. The number of anilines is 1. The minimum absolute atomic E-state index is 0.0965. The molecule has 0 radical (unpaired) electrons. The smallest absolute Gasteiger partial charge is 0.258 e. The van der Waals surface area contributed by atoms with Gasteiger partial charge in [0, 0.05) is 44.4 Å². The minimum Gasteiger partial charge on any atom is -0.368 e. The summed E-state index contributed by atoms with van der Waals surface area (Å²) >= 11 is 0. The maximum atomic E-state index is 12.9. The van der Waals surface area contributed by atoms with E-state index in [-0.39, 0.29) is 5.56 Å². The van der Waals surface area contributed by atoms with Gasteiger partial charge >= 0.3 is 0 Å². The highest BCUT2D eigenvalue weighted by atomic mass is 16.1.